The molecule has 2 aromatic rings. The molecule has 0 atom stereocenters. The Balaban J connectivity index is 2.01. The number of benzene rings is 2. The molecule has 118 valence electrons. The van der Waals surface area contributed by atoms with Crippen LogP contribution < -0.4 is 9.47 Å². The van der Waals surface area contributed by atoms with Gasteiger partial charge in [-0.2, -0.15) is 4.79 Å². The molecule has 5 nitrogen and oxygen atoms in total. The van der Waals surface area contributed by atoms with E-state index in [9.17, 15) is 4.79 Å². The van der Waals surface area contributed by atoms with Gasteiger partial charge in [0.25, 0.3) is 0 Å². The van der Waals surface area contributed by atoms with Crippen molar-refractivity contribution in [1.29, 1.82) is 0 Å². The number of aryl methyl sites for hydroxylation is 1. The maximum absolute atomic E-state index is 11.3. The van der Waals surface area contributed by atoms with Crippen LogP contribution in [0.5, 0.6) is 11.5 Å². The average Bonchev–Trinajstić information content (AvgIpc) is 2.59. The fourth-order valence-corrected chi connectivity index (χ4v) is 2.12. The van der Waals surface area contributed by atoms with E-state index in [1.54, 1.807) is 7.11 Å². The van der Waals surface area contributed by atoms with Crippen LogP contribution in [0.4, 0.5) is 0 Å². The summed E-state index contributed by atoms with van der Waals surface area (Å²) in [6, 6.07) is 15.5. The number of nitrogens with zero attached hydrogens (tertiary/aromatic N) is 2. The molecule has 0 fully saturated rings. The maximum Gasteiger partial charge on any atom is 0.323 e. The van der Waals surface area contributed by atoms with E-state index in [2.05, 4.69) is 4.79 Å². The SMILES string of the molecule is COc1cc(CCC(=O)C=[N+]=[N-])ccc1OCc1ccccc1. The van der Waals surface area contributed by atoms with Gasteiger partial charge in [0.15, 0.2) is 11.5 Å². The van der Waals surface area contributed by atoms with Crippen LogP contribution in [0.2, 0.25) is 0 Å². The smallest absolute Gasteiger partial charge is 0.323 e. The van der Waals surface area contributed by atoms with Gasteiger partial charge in [0, 0.05) is 6.42 Å². The number of rotatable bonds is 8. The molecule has 0 aliphatic carbocycles. The molecule has 0 saturated heterocycles. The summed E-state index contributed by atoms with van der Waals surface area (Å²) in [5.74, 6) is 1.06. The first kappa shape index (κ1) is 16.5. The zero-order chi connectivity index (χ0) is 16.5. The summed E-state index contributed by atoms with van der Waals surface area (Å²) in [5, 5.41) is 0. The van der Waals surface area contributed by atoms with Crippen molar-refractivity contribution in [2.75, 3.05) is 7.11 Å². The zero-order valence-corrected chi connectivity index (χ0v) is 12.9. The Labute approximate surface area is 135 Å². The van der Waals surface area contributed by atoms with E-state index in [1.807, 2.05) is 48.5 Å². The Morgan fingerprint density at radius 2 is 1.91 bits per heavy atom. The third-order valence-electron chi connectivity index (χ3n) is 3.33. The molecule has 0 bridgehead atoms. The maximum atomic E-state index is 11.3. The lowest BCUT2D eigenvalue weighted by Gasteiger charge is -2.12. The lowest BCUT2D eigenvalue weighted by Crippen LogP contribution is -2.02. The van der Waals surface area contributed by atoms with E-state index < -0.39 is 0 Å². The van der Waals surface area contributed by atoms with E-state index in [-0.39, 0.29) is 12.2 Å². The third-order valence-corrected chi connectivity index (χ3v) is 3.33. The van der Waals surface area contributed by atoms with Crippen molar-refractivity contribution in [3.63, 3.8) is 0 Å². The first-order chi connectivity index (χ1) is 11.2. The Kier molecular flexibility index (Phi) is 6.09. The third kappa shape index (κ3) is 5.09. The number of hydrogen-bond donors (Lipinski definition) is 0. The molecule has 23 heavy (non-hydrogen) atoms. The van der Waals surface area contributed by atoms with Crippen molar-refractivity contribution in [3.8, 4) is 11.5 Å². The number of ether oxygens (including phenoxy) is 2. The molecule has 2 aromatic carbocycles. The normalized spacial score (nSPS) is 9.78. The van der Waals surface area contributed by atoms with Gasteiger partial charge in [-0.05, 0) is 29.7 Å². The van der Waals surface area contributed by atoms with Gasteiger partial charge in [-0.3, -0.25) is 4.79 Å². The molecular formula is C18H18N2O3. The molecule has 2 rings (SSSR count). The van der Waals surface area contributed by atoms with E-state index in [0.29, 0.717) is 24.5 Å². The molecular weight excluding hydrogens is 292 g/mol. The van der Waals surface area contributed by atoms with Gasteiger partial charge in [0.2, 0.25) is 5.78 Å². The van der Waals surface area contributed by atoms with Crippen molar-refractivity contribution in [3.05, 3.63) is 65.2 Å². The van der Waals surface area contributed by atoms with Crippen LogP contribution >= 0.6 is 0 Å². The molecule has 0 saturated carbocycles. The van der Waals surface area contributed by atoms with Gasteiger partial charge in [-0.25, -0.2) is 0 Å². The molecule has 0 aromatic heterocycles. The molecule has 0 unspecified atom stereocenters. The van der Waals surface area contributed by atoms with Crippen LogP contribution in [0, 0.1) is 0 Å². The summed E-state index contributed by atoms with van der Waals surface area (Å²) in [5.41, 5.74) is 10.3. The number of methoxy groups -OCH3 is 1. The topological polar surface area (TPSA) is 71.9 Å². The standard InChI is InChI=1S/C18H18N2O3/c1-22-18-11-14(7-9-16(21)12-20-19)8-10-17(18)23-13-15-5-3-2-4-6-15/h2-6,8,10-12H,7,9,13H2,1H3. The summed E-state index contributed by atoms with van der Waals surface area (Å²) in [4.78, 5) is 14.1. The molecule has 0 N–H and O–H groups in total. The van der Waals surface area contributed by atoms with Crippen molar-refractivity contribution >= 4 is 12.0 Å². The lowest BCUT2D eigenvalue weighted by molar-refractivity contribution is -0.116. The Hall–Kier alpha value is -2.91. The van der Waals surface area contributed by atoms with Crippen molar-refractivity contribution < 1.29 is 19.1 Å². The van der Waals surface area contributed by atoms with E-state index in [1.165, 1.54) is 0 Å². The first-order valence-corrected chi connectivity index (χ1v) is 7.27. The second-order valence-corrected chi connectivity index (χ2v) is 4.97. The Morgan fingerprint density at radius 1 is 1.13 bits per heavy atom. The minimum absolute atomic E-state index is 0.226. The average molecular weight is 310 g/mol. The monoisotopic (exact) mass is 310 g/mol. The molecule has 0 amide bonds. The Bertz CT molecular complexity index is 707. The van der Waals surface area contributed by atoms with Crippen molar-refractivity contribution in [2.24, 2.45) is 0 Å². The zero-order valence-electron chi connectivity index (χ0n) is 12.9. The fraction of sp³-hybridized carbons (Fsp3) is 0.222. The Morgan fingerprint density at radius 3 is 2.61 bits per heavy atom. The highest BCUT2D eigenvalue weighted by Crippen LogP contribution is 2.29. The summed E-state index contributed by atoms with van der Waals surface area (Å²) < 4.78 is 11.1. The highest BCUT2D eigenvalue weighted by atomic mass is 16.5. The highest BCUT2D eigenvalue weighted by Gasteiger charge is 2.08. The molecule has 5 heteroatoms. The van der Waals surface area contributed by atoms with Gasteiger partial charge < -0.3 is 15.0 Å². The van der Waals surface area contributed by atoms with Gasteiger partial charge in [0.05, 0.1) is 7.11 Å². The van der Waals surface area contributed by atoms with Gasteiger partial charge in [-0.1, -0.05) is 36.4 Å². The lowest BCUT2D eigenvalue weighted by atomic mass is 10.1. The van der Waals surface area contributed by atoms with Crippen LogP contribution in [-0.2, 0) is 17.8 Å². The van der Waals surface area contributed by atoms with Crippen LogP contribution in [0.3, 0.4) is 0 Å². The molecule has 0 spiro atoms. The summed E-state index contributed by atoms with van der Waals surface area (Å²) in [6.07, 6.45) is 1.73. The first-order valence-electron chi connectivity index (χ1n) is 7.27. The molecule has 0 aliphatic heterocycles. The number of carbonyl (C=O) groups is 1. The second kappa shape index (κ2) is 8.51. The number of Topliss-reactive ketones (excluding diaryl/α,β-unsaturated/α-hetero) is 1. The quantitative estimate of drug-likeness (QED) is 0.427. The van der Waals surface area contributed by atoms with E-state index in [4.69, 9.17) is 15.0 Å². The van der Waals surface area contributed by atoms with Gasteiger partial charge in [0.1, 0.15) is 6.61 Å². The fourth-order valence-electron chi connectivity index (χ4n) is 2.12. The minimum Gasteiger partial charge on any atom is -0.493 e. The van der Waals surface area contributed by atoms with Crippen LogP contribution in [0.1, 0.15) is 17.5 Å². The highest BCUT2D eigenvalue weighted by molar-refractivity contribution is 6.25. The van der Waals surface area contributed by atoms with Crippen molar-refractivity contribution in [2.45, 2.75) is 19.4 Å². The number of carbonyl (C=O) groups excluding carboxylic acids is 1. The molecule has 0 radical (unpaired) electrons. The van der Waals surface area contributed by atoms with Crippen LogP contribution in [-0.4, -0.2) is 23.9 Å². The second-order valence-electron chi connectivity index (χ2n) is 4.97. The van der Waals surface area contributed by atoms with Gasteiger partial charge >= 0.3 is 6.21 Å². The number of ketones is 1. The summed E-state index contributed by atoms with van der Waals surface area (Å²) in [6.45, 7) is 0.460. The van der Waals surface area contributed by atoms with Crippen molar-refractivity contribution in [1.82, 2.24) is 0 Å². The molecule has 0 aliphatic rings. The van der Waals surface area contributed by atoms with Gasteiger partial charge in [-0.15, -0.1) is 0 Å². The summed E-state index contributed by atoms with van der Waals surface area (Å²) >= 11 is 0. The molecule has 0 heterocycles. The van der Waals surface area contributed by atoms with E-state index >= 15 is 0 Å². The van der Waals surface area contributed by atoms with Crippen LogP contribution in [0.25, 0.3) is 5.53 Å². The predicted molar refractivity (Wildman–Crippen MR) is 86.8 cm³/mol. The van der Waals surface area contributed by atoms with E-state index in [0.717, 1.165) is 17.3 Å². The largest absolute Gasteiger partial charge is 0.493 e. The predicted octanol–water partition coefficient (Wildman–Crippen LogP) is 3.08. The summed E-state index contributed by atoms with van der Waals surface area (Å²) in [7, 11) is 1.58. The number of hydrogen-bond acceptors (Lipinski definition) is 3. The minimum atomic E-state index is -0.226. The van der Waals surface area contributed by atoms with Crippen LogP contribution in [0.15, 0.2) is 48.5 Å².